The van der Waals surface area contributed by atoms with Crippen molar-refractivity contribution in [2.45, 2.75) is 32.8 Å². The fourth-order valence-corrected chi connectivity index (χ4v) is 2.57. The number of amides is 1. The van der Waals surface area contributed by atoms with E-state index in [0.29, 0.717) is 36.1 Å². The van der Waals surface area contributed by atoms with Gasteiger partial charge in [0.2, 0.25) is 0 Å². The summed E-state index contributed by atoms with van der Waals surface area (Å²) in [6.45, 7) is 5.87. The molecule has 6 nitrogen and oxygen atoms in total. The lowest BCUT2D eigenvalue weighted by Gasteiger charge is -2.13. The maximum atomic E-state index is 12.2. The van der Waals surface area contributed by atoms with Crippen LogP contribution in [0.2, 0.25) is 0 Å². The highest BCUT2D eigenvalue weighted by atomic mass is 16.5. The van der Waals surface area contributed by atoms with E-state index in [9.17, 15) is 10.1 Å². The third-order valence-electron chi connectivity index (χ3n) is 3.95. The van der Waals surface area contributed by atoms with Gasteiger partial charge in [0.15, 0.2) is 11.5 Å². The van der Waals surface area contributed by atoms with E-state index in [2.05, 4.69) is 19.2 Å². The van der Waals surface area contributed by atoms with Crippen LogP contribution in [0.15, 0.2) is 23.8 Å². The molecule has 1 aliphatic heterocycles. The molecular weight excluding hydrogens is 332 g/mol. The van der Waals surface area contributed by atoms with Gasteiger partial charge in [0.25, 0.3) is 5.91 Å². The number of carbonyl (C=O) groups excluding carboxylic acids is 1. The van der Waals surface area contributed by atoms with E-state index in [0.717, 1.165) is 19.4 Å². The molecule has 1 fully saturated rings. The monoisotopic (exact) mass is 358 g/mol. The van der Waals surface area contributed by atoms with Crippen LogP contribution in [-0.4, -0.2) is 38.9 Å². The number of ether oxygens (including phenoxy) is 3. The van der Waals surface area contributed by atoms with E-state index < -0.39 is 5.91 Å². The van der Waals surface area contributed by atoms with Gasteiger partial charge < -0.3 is 19.5 Å². The Bertz CT molecular complexity index is 686. The van der Waals surface area contributed by atoms with Crippen LogP contribution < -0.4 is 14.8 Å². The first kappa shape index (κ1) is 19.8. The van der Waals surface area contributed by atoms with Crippen molar-refractivity contribution in [1.82, 2.24) is 5.32 Å². The number of hydrogen-bond donors (Lipinski definition) is 1. The topological polar surface area (TPSA) is 80.6 Å². The molecule has 0 radical (unpaired) electrons. The van der Waals surface area contributed by atoms with Gasteiger partial charge in [-0.15, -0.1) is 0 Å². The summed E-state index contributed by atoms with van der Waals surface area (Å²) < 4.78 is 16.5. The summed E-state index contributed by atoms with van der Waals surface area (Å²) in [6.07, 6.45) is 3.52. The molecule has 1 aromatic carbocycles. The zero-order chi connectivity index (χ0) is 18.9. The number of carbonyl (C=O) groups is 1. The number of benzene rings is 1. The van der Waals surface area contributed by atoms with Crippen molar-refractivity contribution in [3.05, 3.63) is 29.3 Å². The third-order valence-corrected chi connectivity index (χ3v) is 3.95. The molecule has 1 atom stereocenters. The molecule has 26 heavy (non-hydrogen) atoms. The van der Waals surface area contributed by atoms with Crippen LogP contribution in [0, 0.1) is 17.2 Å². The summed E-state index contributed by atoms with van der Waals surface area (Å²) in [5.74, 6) is 1.20. The average molecular weight is 358 g/mol. The predicted octanol–water partition coefficient (Wildman–Crippen LogP) is 2.93. The van der Waals surface area contributed by atoms with Crippen molar-refractivity contribution >= 4 is 12.0 Å². The number of hydrogen-bond acceptors (Lipinski definition) is 5. The van der Waals surface area contributed by atoms with Crippen molar-refractivity contribution in [2.24, 2.45) is 5.92 Å². The van der Waals surface area contributed by atoms with Gasteiger partial charge in [-0.3, -0.25) is 4.79 Å². The average Bonchev–Trinajstić information content (AvgIpc) is 3.16. The Hall–Kier alpha value is -2.52. The number of nitrogens with one attached hydrogen (secondary N) is 1. The first-order chi connectivity index (χ1) is 12.5. The fraction of sp³-hybridized carbons (Fsp3) is 0.500. The van der Waals surface area contributed by atoms with Gasteiger partial charge >= 0.3 is 0 Å². The summed E-state index contributed by atoms with van der Waals surface area (Å²) >= 11 is 0. The summed E-state index contributed by atoms with van der Waals surface area (Å²) in [5, 5.41) is 12.1. The SMILES string of the molecule is COc1cc(/C=C(\C#N)C(=O)NC[C@H]2CCCO2)ccc1OCC(C)C. The molecule has 140 valence electrons. The molecule has 0 aromatic heterocycles. The van der Waals surface area contributed by atoms with Crippen molar-refractivity contribution in [2.75, 3.05) is 26.9 Å². The lowest BCUT2D eigenvalue weighted by molar-refractivity contribution is -0.117. The van der Waals surface area contributed by atoms with Crippen LogP contribution >= 0.6 is 0 Å². The van der Waals surface area contributed by atoms with Crippen LogP contribution in [0.25, 0.3) is 6.08 Å². The number of rotatable bonds is 8. The summed E-state index contributed by atoms with van der Waals surface area (Å²) in [5.41, 5.74) is 0.739. The molecule has 0 aliphatic carbocycles. The van der Waals surface area contributed by atoms with Gasteiger partial charge in [0.1, 0.15) is 11.6 Å². The molecule has 2 rings (SSSR count). The van der Waals surface area contributed by atoms with Crippen LogP contribution in [0.4, 0.5) is 0 Å². The van der Waals surface area contributed by atoms with Gasteiger partial charge in [-0.1, -0.05) is 19.9 Å². The molecule has 0 unspecified atom stereocenters. The van der Waals surface area contributed by atoms with E-state index in [1.54, 1.807) is 31.4 Å². The van der Waals surface area contributed by atoms with Gasteiger partial charge in [0.05, 0.1) is 19.8 Å². The van der Waals surface area contributed by atoms with E-state index in [1.165, 1.54) is 0 Å². The molecule has 0 spiro atoms. The standard InChI is InChI=1S/C20H26N2O4/c1-14(2)13-26-18-7-6-15(10-19(18)24-3)9-16(11-21)20(23)22-12-17-5-4-8-25-17/h6-7,9-10,14,17H,4-5,8,12-13H2,1-3H3,(H,22,23)/b16-9+/t17-/m1/s1. The summed E-state index contributed by atoms with van der Waals surface area (Å²) in [6, 6.07) is 7.28. The van der Waals surface area contributed by atoms with Crippen molar-refractivity contribution in [3.63, 3.8) is 0 Å². The van der Waals surface area contributed by atoms with E-state index in [-0.39, 0.29) is 11.7 Å². The second kappa shape index (κ2) is 9.83. The highest BCUT2D eigenvalue weighted by molar-refractivity contribution is 6.01. The quantitative estimate of drug-likeness (QED) is 0.571. The molecular formula is C20H26N2O4. The maximum Gasteiger partial charge on any atom is 0.262 e. The Labute approximate surface area is 154 Å². The first-order valence-corrected chi connectivity index (χ1v) is 8.86. The molecule has 1 aliphatic rings. The van der Waals surface area contributed by atoms with Crippen molar-refractivity contribution in [3.8, 4) is 17.6 Å². The minimum atomic E-state index is -0.401. The number of nitriles is 1. The smallest absolute Gasteiger partial charge is 0.262 e. The molecule has 1 amide bonds. The predicted molar refractivity (Wildman–Crippen MR) is 98.9 cm³/mol. The minimum Gasteiger partial charge on any atom is -0.493 e. The van der Waals surface area contributed by atoms with E-state index in [1.807, 2.05) is 6.07 Å². The lowest BCUT2D eigenvalue weighted by atomic mass is 10.1. The molecule has 6 heteroatoms. The summed E-state index contributed by atoms with van der Waals surface area (Å²) in [7, 11) is 1.56. The van der Waals surface area contributed by atoms with Crippen LogP contribution in [0.5, 0.6) is 11.5 Å². The van der Waals surface area contributed by atoms with Crippen LogP contribution in [-0.2, 0) is 9.53 Å². The van der Waals surface area contributed by atoms with Crippen LogP contribution in [0.3, 0.4) is 0 Å². The zero-order valence-electron chi connectivity index (χ0n) is 15.6. The van der Waals surface area contributed by atoms with Crippen molar-refractivity contribution in [1.29, 1.82) is 5.26 Å². The van der Waals surface area contributed by atoms with Crippen LogP contribution in [0.1, 0.15) is 32.3 Å². The normalized spacial score (nSPS) is 17.0. The Morgan fingerprint density at radius 2 is 2.27 bits per heavy atom. The third kappa shape index (κ3) is 5.78. The number of methoxy groups -OCH3 is 1. The lowest BCUT2D eigenvalue weighted by Crippen LogP contribution is -2.32. The Kier molecular flexibility index (Phi) is 7.49. The second-order valence-electron chi connectivity index (χ2n) is 6.63. The Morgan fingerprint density at radius 1 is 1.46 bits per heavy atom. The molecule has 1 aromatic rings. The molecule has 1 N–H and O–H groups in total. The second-order valence-corrected chi connectivity index (χ2v) is 6.63. The Balaban J connectivity index is 2.06. The molecule has 0 saturated carbocycles. The molecule has 1 heterocycles. The minimum absolute atomic E-state index is 0.0383. The number of nitrogens with zero attached hydrogens (tertiary/aromatic N) is 1. The maximum absolute atomic E-state index is 12.2. The molecule has 0 bridgehead atoms. The van der Waals surface area contributed by atoms with Crippen molar-refractivity contribution < 1.29 is 19.0 Å². The van der Waals surface area contributed by atoms with E-state index >= 15 is 0 Å². The zero-order valence-corrected chi connectivity index (χ0v) is 15.6. The van der Waals surface area contributed by atoms with Gasteiger partial charge in [-0.2, -0.15) is 5.26 Å². The summed E-state index contributed by atoms with van der Waals surface area (Å²) in [4.78, 5) is 12.2. The molecule has 1 saturated heterocycles. The highest BCUT2D eigenvalue weighted by Gasteiger charge is 2.17. The largest absolute Gasteiger partial charge is 0.493 e. The fourth-order valence-electron chi connectivity index (χ4n) is 2.57. The van der Waals surface area contributed by atoms with Gasteiger partial charge in [0, 0.05) is 13.2 Å². The van der Waals surface area contributed by atoms with E-state index in [4.69, 9.17) is 14.2 Å². The first-order valence-electron chi connectivity index (χ1n) is 8.86. The Morgan fingerprint density at radius 3 is 2.88 bits per heavy atom. The van der Waals surface area contributed by atoms with Gasteiger partial charge in [-0.05, 0) is 42.5 Å². The highest BCUT2D eigenvalue weighted by Crippen LogP contribution is 2.29. The van der Waals surface area contributed by atoms with Gasteiger partial charge in [-0.25, -0.2) is 0 Å².